The topological polar surface area (TPSA) is 224 Å². The van der Waals surface area contributed by atoms with Gasteiger partial charge < -0.3 is 19.6 Å². The van der Waals surface area contributed by atoms with Gasteiger partial charge >= 0.3 is 13.6 Å². The lowest BCUT2D eigenvalue weighted by molar-refractivity contribution is -0.0183. The maximum absolute atomic E-state index is 15.9. The van der Waals surface area contributed by atoms with E-state index in [1.807, 2.05) is 6.07 Å². The third-order valence-electron chi connectivity index (χ3n) is 6.37. The maximum atomic E-state index is 15.9. The highest BCUT2D eigenvalue weighted by atomic mass is 32.7. The number of imidazole rings is 2. The van der Waals surface area contributed by atoms with Gasteiger partial charge in [0.1, 0.15) is 36.2 Å². The van der Waals surface area contributed by atoms with Crippen LogP contribution in [0.5, 0.6) is 0 Å². The second-order valence-electron chi connectivity index (χ2n) is 9.12. The summed E-state index contributed by atoms with van der Waals surface area (Å²) >= 11 is 8.00. The molecule has 2 aliphatic heterocycles. The molecular formula is C21H20FN9O8P2S2. The number of H-pyrrole nitrogens is 1. The average molecular weight is 672 g/mol. The molecule has 2 bridgehead atoms. The summed E-state index contributed by atoms with van der Waals surface area (Å²) < 4.78 is 72.2. The zero-order chi connectivity index (χ0) is 30.5. The van der Waals surface area contributed by atoms with E-state index < -0.39 is 50.4 Å². The number of hydrogen-bond acceptors (Lipinski definition) is 14. The van der Waals surface area contributed by atoms with E-state index in [2.05, 4.69) is 49.4 Å². The fourth-order valence-electron chi connectivity index (χ4n) is 4.53. The summed E-state index contributed by atoms with van der Waals surface area (Å²) in [6.45, 7) is -8.99. The monoisotopic (exact) mass is 671 g/mol. The van der Waals surface area contributed by atoms with Gasteiger partial charge in [0.25, 0.3) is 5.56 Å². The van der Waals surface area contributed by atoms with Crippen LogP contribution in [0.1, 0.15) is 17.6 Å². The quantitative estimate of drug-likeness (QED) is 0.169. The third kappa shape index (κ3) is 5.95. The van der Waals surface area contributed by atoms with Gasteiger partial charge in [-0.15, -0.1) is 0 Å². The first kappa shape index (κ1) is 29.8. The first-order valence-electron chi connectivity index (χ1n) is 12.2. The Labute approximate surface area is 250 Å². The fourth-order valence-corrected chi connectivity index (χ4v) is 6.90. The molecule has 0 radical (unpaired) electrons. The first-order chi connectivity index (χ1) is 20.4. The number of nitrogens with two attached hydrogens (primary N) is 1. The molecule has 0 saturated carbocycles. The molecule has 2 unspecified atom stereocenters. The van der Waals surface area contributed by atoms with Gasteiger partial charge in [-0.3, -0.25) is 27.9 Å². The van der Waals surface area contributed by atoms with Crippen LogP contribution in [-0.2, 0) is 45.1 Å². The van der Waals surface area contributed by atoms with Crippen LogP contribution in [0.15, 0.2) is 35.7 Å². The van der Waals surface area contributed by atoms with Crippen LogP contribution < -0.4 is 11.3 Å². The van der Waals surface area contributed by atoms with Crippen LogP contribution >= 0.6 is 38.1 Å². The minimum absolute atomic E-state index is 0.0232. The molecule has 3 N–H and O–H groups in total. The molecule has 1 saturated heterocycles. The molecule has 4 aromatic heterocycles. The SMILES string of the molecule is N#Cc1cnc2c(c1)nc1n2CCOP(=O)(S)O/C=C/[C@H]2O[C@@H](n3cnc4c(=O)[nH]c(N)nc43)[C@H](OP(=O)(S)OC1)[C@@H]2F. The van der Waals surface area contributed by atoms with Crippen molar-refractivity contribution in [3.05, 3.63) is 52.7 Å². The van der Waals surface area contributed by atoms with Gasteiger partial charge in [-0.25, -0.2) is 28.5 Å². The Bertz CT molecular complexity index is 1960. The molecule has 0 amide bonds. The summed E-state index contributed by atoms with van der Waals surface area (Å²) in [6.07, 6.45) is -2.06. The number of hydrogen-bond donors (Lipinski definition) is 4. The predicted octanol–water partition coefficient (Wildman–Crippen LogP) is 2.79. The van der Waals surface area contributed by atoms with Gasteiger partial charge in [0, 0.05) is 12.7 Å². The third-order valence-corrected chi connectivity index (χ3v) is 9.49. The van der Waals surface area contributed by atoms with Gasteiger partial charge in [-0.1, -0.05) is 12.2 Å². The van der Waals surface area contributed by atoms with Crippen molar-refractivity contribution < 1.29 is 36.4 Å². The zero-order valence-corrected chi connectivity index (χ0v) is 25.0. The van der Waals surface area contributed by atoms with Gasteiger partial charge in [-0.05, 0) is 24.4 Å². The van der Waals surface area contributed by atoms with Crippen molar-refractivity contribution in [2.24, 2.45) is 0 Å². The highest BCUT2D eigenvalue weighted by molar-refractivity contribution is 8.44. The molecule has 0 aromatic carbocycles. The van der Waals surface area contributed by atoms with Crippen molar-refractivity contribution in [2.75, 3.05) is 12.3 Å². The number of halogens is 1. The number of rotatable bonds is 1. The molecular weight excluding hydrogens is 651 g/mol. The van der Waals surface area contributed by atoms with Crippen molar-refractivity contribution in [3.63, 3.8) is 0 Å². The number of ether oxygens (including phenoxy) is 1. The van der Waals surface area contributed by atoms with E-state index >= 15 is 4.39 Å². The summed E-state index contributed by atoms with van der Waals surface area (Å²) in [5.41, 5.74) is 5.70. The highest BCUT2D eigenvalue weighted by Gasteiger charge is 2.49. The molecule has 2 aliphatic rings. The molecule has 43 heavy (non-hydrogen) atoms. The van der Waals surface area contributed by atoms with Crippen molar-refractivity contribution in [1.29, 1.82) is 5.26 Å². The number of thiol groups is 2. The number of aromatic nitrogens is 7. The predicted molar refractivity (Wildman–Crippen MR) is 153 cm³/mol. The summed E-state index contributed by atoms with van der Waals surface area (Å²) in [7, 11) is 0. The number of alkyl halides is 1. The number of aromatic amines is 1. The zero-order valence-electron chi connectivity index (χ0n) is 21.5. The van der Waals surface area contributed by atoms with Gasteiger partial charge in [0.2, 0.25) is 5.95 Å². The lowest BCUT2D eigenvalue weighted by Crippen LogP contribution is -2.30. The number of nitriles is 1. The molecule has 4 aromatic rings. The van der Waals surface area contributed by atoms with Crippen molar-refractivity contribution in [3.8, 4) is 6.07 Å². The minimum atomic E-state index is -4.36. The van der Waals surface area contributed by atoms with Gasteiger partial charge in [0.15, 0.2) is 29.2 Å². The Balaban J connectivity index is 1.39. The number of nitrogens with one attached hydrogen (secondary N) is 1. The Morgan fingerprint density at radius 2 is 2.00 bits per heavy atom. The van der Waals surface area contributed by atoms with Crippen molar-refractivity contribution >= 4 is 66.4 Å². The molecule has 0 spiro atoms. The van der Waals surface area contributed by atoms with Crippen LogP contribution in [0.3, 0.4) is 0 Å². The number of nitrogens with zero attached hydrogens (tertiary/aromatic N) is 7. The number of fused-ring (bicyclic) bond motifs is 6. The Morgan fingerprint density at radius 1 is 1.19 bits per heavy atom. The summed E-state index contributed by atoms with van der Waals surface area (Å²) in [4.78, 5) is 31.3. The van der Waals surface area contributed by atoms with Crippen LogP contribution in [0.4, 0.5) is 10.3 Å². The summed E-state index contributed by atoms with van der Waals surface area (Å²) in [5, 5.41) is 9.24. The molecule has 6 rings (SSSR count). The minimum Gasteiger partial charge on any atom is -0.425 e. The molecule has 1 fully saturated rings. The van der Waals surface area contributed by atoms with Crippen LogP contribution in [0.25, 0.3) is 22.3 Å². The van der Waals surface area contributed by atoms with E-state index in [1.165, 1.54) is 21.4 Å². The maximum Gasteiger partial charge on any atom is 0.436 e. The van der Waals surface area contributed by atoms with Crippen LogP contribution in [-0.4, -0.2) is 59.0 Å². The van der Waals surface area contributed by atoms with E-state index in [1.54, 1.807) is 0 Å². The Hall–Kier alpha value is -3.27. The second kappa shape index (κ2) is 11.3. The number of pyridine rings is 1. The van der Waals surface area contributed by atoms with Crippen LogP contribution in [0.2, 0.25) is 0 Å². The van der Waals surface area contributed by atoms with Crippen molar-refractivity contribution in [2.45, 2.75) is 37.8 Å². The first-order valence-corrected chi connectivity index (χ1v) is 17.6. The average Bonchev–Trinajstić information content (AvgIpc) is 3.61. The molecule has 226 valence electrons. The second-order valence-corrected chi connectivity index (χ2v) is 14.9. The normalized spacial score (nSPS) is 30.9. The van der Waals surface area contributed by atoms with Gasteiger partial charge in [-0.2, -0.15) is 10.2 Å². The van der Waals surface area contributed by atoms with E-state index in [0.29, 0.717) is 11.2 Å². The molecule has 0 aliphatic carbocycles. The molecule has 6 atom stereocenters. The van der Waals surface area contributed by atoms with E-state index in [4.69, 9.17) is 28.6 Å². The lowest BCUT2D eigenvalue weighted by atomic mass is 10.1. The van der Waals surface area contributed by atoms with E-state index in [9.17, 15) is 19.2 Å². The largest absolute Gasteiger partial charge is 0.436 e. The number of anilines is 1. The highest BCUT2D eigenvalue weighted by Crippen LogP contribution is 2.58. The Kier molecular flexibility index (Phi) is 7.85. The van der Waals surface area contributed by atoms with E-state index in [-0.39, 0.29) is 41.7 Å². The van der Waals surface area contributed by atoms with Crippen LogP contribution in [0, 0.1) is 11.3 Å². The Morgan fingerprint density at radius 3 is 2.79 bits per heavy atom. The smallest absolute Gasteiger partial charge is 0.425 e. The summed E-state index contributed by atoms with van der Waals surface area (Å²) in [5.74, 6) is -0.0803. The van der Waals surface area contributed by atoms with E-state index in [0.717, 1.165) is 18.7 Å². The fraction of sp³-hybridized carbons (Fsp3) is 0.333. The lowest BCUT2D eigenvalue weighted by Gasteiger charge is -2.24. The standard InChI is InChI=1S/C21H20FN9O8P2S2/c22-14-12-1-3-35-40(33,42)36-4-2-30-13(27-11-5-10(6-23)7-25-17(11)30)8-37-41(34,43)39-16(14)20(38-12)31-9-26-15-18(31)28-21(24)29-19(15)32/h1,3,5,7,9,12,14,16,20H,2,4,8H2,(H,33,42)(H,34,43)(H3,24,28,29,32)/b3-1+/t12-,14-,16-,20-,40?,41?/m1/s1. The summed E-state index contributed by atoms with van der Waals surface area (Å²) in [6, 6.07) is 3.45. The number of nitrogen functional groups attached to an aromatic ring is 1. The molecule has 6 heterocycles. The molecule has 22 heteroatoms. The molecule has 17 nitrogen and oxygen atoms in total. The van der Waals surface area contributed by atoms with Gasteiger partial charge in [0.05, 0.1) is 24.8 Å². The van der Waals surface area contributed by atoms with Crippen molar-refractivity contribution in [1.82, 2.24) is 34.1 Å².